The topological polar surface area (TPSA) is 80.8 Å². The average Bonchev–Trinajstić information content (AvgIpc) is 2.98. The van der Waals surface area contributed by atoms with Gasteiger partial charge in [-0.15, -0.1) is 0 Å². The summed E-state index contributed by atoms with van der Waals surface area (Å²) in [5, 5.41) is 3.72. The van der Waals surface area contributed by atoms with Gasteiger partial charge in [0, 0.05) is 30.6 Å². The van der Waals surface area contributed by atoms with Crippen molar-refractivity contribution >= 4 is 29.3 Å². The summed E-state index contributed by atoms with van der Waals surface area (Å²) in [6.07, 6.45) is 2.57. The minimum atomic E-state index is -0.120. The molecule has 4 rings (SSSR count). The van der Waals surface area contributed by atoms with E-state index in [1.54, 1.807) is 11.1 Å². The lowest BCUT2D eigenvalue weighted by Gasteiger charge is -2.22. The van der Waals surface area contributed by atoms with Gasteiger partial charge in [-0.05, 0) is 62.2 Å². The molecule has 182 valence electrons. The molecular formula is C27H29N3O4S. The van der Waals surface area contributed by atoms with Gasteiger partial charge in [-0.1, -0.05) is 30.0 Å². The largest absolute Gasteiger partial charge is 0.490 e. The lowest BCUT2D eigenvalue weighted by atomic mass is 10.1. The van der Waals surface area contributed by atoms with Gasteiger partial charge in [-0.2, -0.15) is 0 Å². The minimum Gasteiger partial charge on any atom is -0.490 e. The first-order chi connectivity index (χ1) is 17.1. The molecule has 0 fully saturated rings. The Hall–Kier alpha value is -3.52. The van der Waals surface area contributed by atoms with E-state index < -0.39 is 0 Å². The summed E-state index contributed by atoms with van der Waals surface area (Å²) in [5.41, 5.74) is 2.40. The summed E-state index contributed by atoms with van der Waals surface area (Å²) in [4.78, 5) is 32.9. The summed E-state index contributed by atoms with van der Waals surface area (Å²) in [7, 11) is 0. The van der Waals surface area contributed by atoms with E-state index >= 15 is 0 Å². The number of ether oxygens (including phenoxy) is 2. The van der Waals surface area contributed by atoms with Crippen molar-refractivity contribution in [2.75, 3.05) is 31.2 Å². The summed E-state index contributed by atoms with van der Waals surface area (Å²) in [6.45, 7) is 5.75. The van der Waals surface area contributed by atoms with Crippen molar-refractivity contribution in [2.24, 2.45) is 0 Å². The molecule has 0 radical (unpaired) electrons. The second-order valence-electron chi connectivity index (χ2n) is 7.88. The van der Waals surface area contributed by atoms with Crippen LogP contribution < -0.4 is 19.7 Å². The molecule has 0 spiro atoms. The molecule has 0 unspecified atom stereocenters. The number of hydrogen-bond acceptors (Lipinski definition) is 6. The third-order valence-electron chi connectivity index (χ3n) is 5.52. The fraction of sp³-hybridized carbons (Fsp3) is 0.296. The Balaban J connectivity index is 1.36. The van der Waals surface area contributed by atoms with Crippen LogP contribution in [0.25, 0.3) is 0 Å². The van der Waals surface area contributed by atoms with Crippen LogP contribution >= 0.6 is 11.8 Å². The number of anilines is 1. The van der Waals surface area contributed by atoms with Gasteiger partial charge in [0.2, 0.25) is 5.91 Å². The zero-order chi connectivity index (χ0) is 24.6. The number of aromatic nitrogens is 1. The maximum Gasteiger partial charge on any atom is 0.259 e. The van der Waals surface area contributed by atoms with Crippen LogP contribution in [0.3, 0.4) is 0 Å². The SMILES string of the molecule is CCOc1ccc(CCNC(=O)CCN2C(=O)c3ccccc3Sc3ncccc32)cc1OCC. The van der Waals surface area contributed by atoms with E-state index in [9.17, 15) is 9.59 Å². The van der Waals surface area contributed by atoms with E-state index in [4.69, 9.17) is 9.47 Å². The van der Waals surface area contributed by atoms with Crippen LogP contribution in [0.15, 0.2) is 70.7 Å². The molecule has 2 amide bonds. The van der Waals surface area contributed by atoms with Crippen LogP contribution in [0.5, 0.6) is 11.5 Å². The minimum absolute atomic E-state index is 0.107. The number of hydrogen-bond donors (Lipinski definition) is 1. The van der Waals surface area contributed by atoms with Gasteiger partial charge in [0.1, 0.15) is 5.03 Å². The third kappa shape index (κ3) is 5.95. The molecule has 1 aliphatic heterocycles. The van der Waals surface area contributed by atoms with Crippen LogP contribution in [-0.4, -0.2) is 43.1 Å². The van der Waals surface area contributed by atoms with Crippen molar-refractivity contribution in [3.05, 3.63) is 71.9 Å². The predicted octanol–water partition coefficient (Wildman–Crippen LogP) is 4.74. The Kier molecular flexibility index (Phi) is 8.26. The van der Waals surface area contributed by atoms with E-state index in [1.165, 1.54) is 11.8 Å². The van der Waals surface area contributed by atoms with Crippen LogP contribution in [0, 0.1) is 0 Å². The molecule has 2 aromatic carbocycles. The van der Waals surface area contributed by atoms with Crippen molar-refractivity contribution in [1.82, 2.24) is 10.3 Å². The van der Waals surface area contributed by atoms with Crippen molar-refractivity contribution in [3.8, 4) is 11.5 Å². The molecule has 0 saturated heterocycles. The molecule has 0 saturated carbocycles. The van der Waals surface area contributed by atoms with Gasteiger partial charge in [0.25, 0.3) is 5.91 Å². The Morgan fingerprint density at radius 1 is 1.03 bits per heavy atom. The number of amides is 2. The maximum absolute atomic E-state index is 13.3. The number of rotatable bonds is 10. The Labute approximate surface area is 209 Å². The highest BCUT2D eigenvalue weighted by molar-refractivity contribution is 7.99. The van der Waals surface area contributed by atoms with Gasteiger partial charge in [-0.3, -0.25) is 9.59 Å². The lowest BCUT2D eigenvalue weighted by Crippen LogP contribution is -2.35. The highest BCUT2D eigenvalue weighted by Gasteiger charge is 2.28. The van der Waals surface area contributed by atoms with E-state index in [1.807, 2.05) is 68.4 Å². The number of benzene rings is 2. The number of nitrogens with one attached hydrogen (secondary N) is 1. The van der Waals surface area contributed by atoms with Crippen LogP contribution in [0.4, 0.5) is 5.69 Å². The molecule has 0 atom stereocenters. The summed E-state index contributed by atoms with van der Waals surface area (Å²) < 4.78 is 11.3. The van der Waals surface area contributed by atoms with E-state index in [0.717, 1.165) is 26.9 Å². The molecule has 2 heterocycles. The highest BCUT2D eigenvalue weighted by Crippen LogP contribution is 2.39. The first-order valence-electron chi connectivity index (χ1n) is 11.8. The molecule has 35 heavy (non-hydrogen) atoms. The monoisotopic (exact) mass is 491 g/mol. The number of fused-ring (bicyclic) bond motifs is 2. The standard InChI is InChI=1S/C27H29N3O4S/c1-3-33-22-12-11-19(18-23(22)34-4-2)13-16-28-25(31)14-17-30-21-9-7-15-29-26(21)35-24-10-6-5-8-20(24)27(30)32/h5-12,15,18H,3-4,13-14,16-17H2,1-2H3,(H,28,31). The van der Waals surface area contributed by atoms with Gasteiger partial charge in [0.05, 0.1) is 24.5 Å². The maximum atomic E-state index is 13.3. The molecule has 1 aliphatic rings. The average molecular weight is 492 g/mol. The zero-order valence-electron chi connectivity index (χ0n) is 20.0. The second-order valence-corrected chi connectivity index (χ2v) is 8.91. The molecule has 7 nitrogen and oxygen atoms in total. The molecule has 0 aliphatic carbocycles. The van der Waals surface area contributed by atoms with Crippen molar-refractivity contribution in [3.63, 3.8) is 0 Å². The van der Waals surface area contributed by atoms with Crippen LogP contribution in [-0.2, 0) is 11.2 Å². The summed E-state index contributed by atoms with van der Waals surface area (Å²) in [5.74, 6) is 1.21. The smallest absolute Gasteiger partial charge is 0.259 e. The number of carbonyl (C=O) groups excluding carboxylic acids is 2. The summed E-state index contributed by atoms with van der Waals surface area (Å²) in [6, 6.07) is 17.0. The normalized spacial score (nSPS) is 12.4. The summed E-state index contributed by atoms with van der Waals surface area (Å²) >= 11 is 1.47. The van der Waals surface area contributed by atoms with Gasteiger partial charge in [0.15, 0.2) is 11.5 Å². The van der Waals surface area contributed by atoms with Crippen molar-refractivity contribution < 1.29 is 19.1 Å². The predicted molar refractivity (Wildman–Crippen MR) is 137 cm³/mol. The Morgan fingerprint density at radius 3 is 2.66 bits per heavy atom. The fourth-order valence-electron chi connectivity index (χ4n) is 3.88. The lowest BCUT2D eigenvalue weighted by molar-refractivity contribution is -0.120. The highest BCUT2D eigenvalue weighted by atomic mass is 32.2. The Morgan fingerprint density at radius 2 is 1.83 bits per heavy atom. The molecule has 3 aromatic rings. The van der Waals surface area contributed by atoms with E-state index in [0.29, 0.717) is 37.5 Å². The number of carbonyl (C=O) groups is 2. The van der Waals surface area contributed by atoms with E-state index in [-0.39, 0.29) is 24.8 Å². The van der Waals surface area contributed by atoms with Gasteiger partial charge >= 0.3 is 0 Å². The molecule has 1 aromatic heterocycles. The number of pyridine rings is 1. The molecule has 0 bridgehead atoms. The molecule has 8 heteroatoms. The zero-order valence-corrected chi connectivity index (χ0v) is 20.8. The number of nitrogens with zero attached hydrogens (tertiary/aromatic N) is 2. The first kappa shape index (κ1) is 24.6. The van der Waals surface area contributed by atoms with Crippen molar-refractivity contribution in [1.29, 1.82) is 0 Å². The second kappa shape index (κ2) is 11.8. The third-order valence-corrected chi connectivity index (χ3v) is 6.60. The molecular weight excluding hydrogens is 462 g/mol. The first-order valence-corrected chi connectivity index (χ1v) is 12.6. The quantitative estimate of drug-likeness (QED) is 0.441. The molecule has 1 N–H and O–H groups in total. The van der Waals surface area contributed by atoms with Crippen molar-refractivity contribution in [2.45, 2.75) is 36.6 Å². The van der Waals surface area contributed by atoms with Crippen LogP contribution in [0.1, 0.15) is 36.2 Å². The fourth-order valence-corrected chi connectivity index (χ4v) is 4.90. The van der Waals surface area contributed by atoms with Crippen LogP contribution in [0.2, 0.25) is 0 Å². The Bertz CT molecular complexity index is 1200. The van der Waals surface area contributed by atoms with Gasteiger partial charge < -0.3 is 19.7 Å². The van der Waals surface area contributed by atoms with E-state index in [2.05, 4.69) is 10.3 Å². The van der Waals surface area contributed by atoms with Gasteiger partial charge in [-0.25, -0.2) is 4.98 Å².